The summed E-state index contributed by atoms with van der Waals surface area (Å²) in [5.74, 6) is 0.315. The van der Waals surface area contributed by atoms with Crippen molar-refractivity contribution in [1.29, 1.82) is 0 Å². The fraction of sp³-hybridized carbons (Fsp3) is 0.421. The van der Waals surface area contributed by atoms with Gasteiger partial charge in [-0.25, -0.2) is 9.97 Å². The number of benzene rings is 1. The lowest BCUT2D eigenvalue weighted by Crippen LogP contribution is -2.44. The molecule has 0 radical (unpaired) electrons. The van der Waals surface area contributed by atoms with E-state index >= 15 is 0 Å². The molecule has 1 atom stereocenters. The number of rotatable bonds is 5. The summed E-state index contributed by atoms with van der Waals surface area (Å²) in [4.78, 5) is 23.3. The van der Waals surface area contributed by atoms with E-state index in [-0.39, 0.29) is 17.7 Å². The average Bonchev–Trinajstić information content (AvgIpc) is 2.67. The number of phenols is 1. The molecule has 2 aromatic rings. The van der Waals surface area contributed by atoms with Crippen LogP contribution in [0.4, 0.5) is 0 Å². The highest BCUT2D eigenvalue weighted by Crippen LogP contribution is 2.24. The van der Waals surface area contributed by atoms with Crippen LogP contribution in [0.1, 0.15) is 41.6 Å². The predicted octanol–water partition coefficient (Wildman–Crippen LogP) is 3.53. The van der Waals surface area contributed by atoms with Crippen LogP contribution in [0.15, 0.2) is 41.8 Å². The molecule has 1 aromatic carbocycles. The van der Waals surface area contributed by atoms with Gasteiger partial charge in [0.1, 0.15) is 5.75 Å². The van der Waals surface area contributed by atoms with E-state index in [0.717, 1.165) is 38.6 Å². The maximum absolute atomic E-state index is 12.9. The molecule has 0 bridgehead atoms. The first-order valence-corrected chi connectivity index (χ1v) is 9.85. The summed E-state index contributed by atoms with van der Waals surface area (Å²) in [6.45, 7) is 0.795. The minimum Gasteiger partial charge on any atom is -0.508 e. The molecule has 3 rings (SSSR count). The molecule has 1 saturated heterocycles. The molecular weight excluding hydrogens is 334 g/mol. The van der Waals surface area contributed by atoms with Gasteiger partial charge >= 0.3 is 0 Å². The van der Waals surface area contributed by atoms with Gasteiger partial charge in [0.2, 0.25) is 0 Å². The molecule has 1 aliphatic heterocycles. The Hall–Kier alpha value is -2.08. The normalized spacial score (nSPS) is 17.5. The van der Waals surface area contributed by atoms with E-state index < -0.39 is 0 Å². The monoisotopic (exact) mass is 357 g/mol. The van der Waals surface area contributed by atoms with Gasteiger partial charge in [-0.1, -0.05) is 23.9 Å². The molecule has 1 N–H and O–H groups in total. The highest BCUT2D eigenvalue weighted by Gasteiger charge is 2.27. The molecule has 0 unspecified atom stereocenters. The summed E-state index contributed by atoms with van der Waals surface area (Å²) in [5, 5.41) is 10.1. The first-order chi connectivity index (χ1) is 12.2. The summed E-state index contributed by atoms with van der Waals surface area (Å²) >= 11 is 1.47. The molecule has 0 aliphatic carbocycles. The summed E-state index contributed by atoms with van der Waals surface area (Å²) in [6, 6.07) is 7.56. The lowest BCUT2D eigenvalue weighted by molar-refractivity contribution is 0.0601. The average molecular weight is 357 g/mol. The number of aromatic hydroxyl groups is 1. The van der Waals surface area contributed by atoms with E-state index in [2.05, 4.69) is 9.97 Å². The Morgan fingerprint density at radius 3 is 2.64 bits per heavy atom. The molecule has 5 nitrogen and oxygen atoms in total. The number of aryl methyl sites for hydroxylation is 1. The highest BCUT2D eigenvalue weighted by molar-refractivity contribution is 7.98. The molecule has 6 heteroatoms. The van der Waals surface area contributed by atoms with Gasteiger partial charge in [-0.15, -0.1) is 0 Å². The second-order valence-electron chi connectivity index (χ2n) is 6.31. The van der Waals surface area contributed by atoms with Gasteiger partial charge in [0.25, 0.3) is 5.91 Å². The lowest BCUT2D eigenvalue weighted by Gasteiger charge is -2.36. The van der Waals surface area contributed by atoms with Crippen molar-refractivity contribution in [3.63, 3.8) is 0 Å². The SMILES string of the molecule is CSc1ncc(C(=O)N2CCCC[C@@H]2CCc2ccc(O)cc2)cn1. The quantitative estimate of drug-likeness (QED) is 0.655. The summed E-state index contributed by atoms with van der Waals surface area (Å²) in [6.07, 6.45) is 10.3. The Balaban J connectivity index is 1.66. The Morgan fingerprint density at radius 1 is 1.24 bits per heavy atom. The Bertz CT molecular complexity index is 704. The van der Waals surface area contributed by atoms with Gasteiger partial charge in [-0.2, -0.15) is 0 Å². The summed E-state index contributed by atoms with van der Waals surface area (Å²) in [5.41, 5.74) is 1.75. The lowest BCUT2D eigenvalue weighted by atomic mass is 9.95. The summed E-state index contributed by atoms with van der Waals surface area (Å²) in [7, 11) is 0. The number of piperidine rings is 1. The Kier molecular flexibility index (Phi) is 5.91. The minimum atomic E-state index is 0.0306. The number of aromatic nitrogens is 2. The van der Waals surface area contributed by atoms with Crippen molar-refractivity contribution in [2.75, 3.05) is 12.8 Å². The zero-order valence-electron chi connectivity index (χ0n) is 14.4. The molecule has 1 amide bonds. The number of phenolic OH excluding ortho intramolecular Hbond substituents is 1. The highest BCUT2D eigenvalue weighted by atomic mass is 32.2. The van der Waals surface area contributed by atoms with Crippen LogP contribution in [-0.2, 0) is 6.42 Å². The zero-order valence-corrected chi connectivity index (χ0v) is 15.2. The van der Waals surface area contributed by atoms with E-state index in [1.807, 2.05) is 23.3 Å². The number of amides is 1. The fourth-order valence-electron chi connectivity index (χ4n) is 3.26. The topological polar surface area (TPSA) is 66.3 Å². The second kappa shape index (κ2) is 8.34. The molecule has 0 spiro atoms. The maximum atomic E-state index is 12.9. The van der Waals surface area contributed by atoms with Crippen molar-refractivity contribution in [1.82, 2.24) is 14.9 Å². The van der Waals surface area contributed by atoms with Crippen molar-refractivity contribution in [2.45, 2.75) is 43.3 Å². The Labute approximate surface area is 152 Å². The van der Waals surface area contributed by atoms with Crippen LogP contribution in [0.3, 0.4) is 0 Å². The molecule has 1 fully saturated rings. The van der Waals surface area contributed by atoms with E-state index in [0.29, 0.717) is 10.7 Å². The smallest absolute Gasteiger partial charge is 0.257 e. The molecule has 1 aliphatic rings. The van der Waals surface area contributed by atoms with Gasteiger partial charge < -0.3 is 10.0 Å². The molecular formula is C19H23N3O2S. The van der Waals surface area contributed by atoms with Crippen LogP contribution in [-0.4, -0.2) is 44.7 Å². The molecule has 25 heavy (non-hydrogen) atoms. The third kappa shape index (κ3) is 4.51. The third-order valence-corrected chi connectivity index (χ3v) is 5.22. The van der Waals surface area contributed by atoms with E-state index in [1.54, 1.807) is 24.5 Å². The first kappa shape index (κ1) is 17.7. The standard InChI is InChI=1S/C19H23N3O2S/c1-25-19-20-12-15(13-21-19)18(24)22-11-3-2-4-16(22)8-5-14-6-9-17(23)10-7-14/h6-7,9-10,12-13,16,23H,2-5,8,11H2,1H3/t16-/m1/s1. The van der Waals surface area contributed by atoms with Crippen LogP contribution < -0.4 is 0 Å². The van der Waals surface area contributed by atoms with E-state index in [9.17, 15) is 9.90 Å². The van der Waals surface area contributed by atoms with Crippen molar-refractivity contribution in [2.24, 2.45) is 0 Å². The first-order valence-electron chi connectivity index (χ1n) is 8.62. The summed E-state index contributed by atoms with van der Waals surface area (Å²) < 4.78 is 0. The third-order valence-electron chi connectivity index (χ3n) is 4.65. The van der Waals surface area contributed by atoms with E-state index in [1.165, 1.54) is 17.3 Å². The number of thioether (sulfide) groups is 1. The van der Waals surface area contributed by atoms with Gasteiger partial charge in [0, 0.05) is 25.0 Å². The number of carbonyl (C=O) groups excluding carboxylic acids is 1. The fourth-order valence-corrected chi connectivity index (χ4v) is 3.58. The van der Waals surface area contributed by atoms with Crippen molar-refractivity contribution in [3.05, 3.63) is 47.8 Å². The predicted molar refractivity (Wildman–Crippen MR) is 98.9 cm³/mol. The van der Waals surface area contributed by atoms with Crippen LogP contribution in [0.25, 0.3) is 0 Å². The number of nitrogens with zero attached hydrogens (tertiary/aromatic N) is 3. The molecule has 1 aromatic heterocycles. The van der Waals surface area contributed by atoms with Gasteiger partial charge in [0.05, 0.1) is 5.56 Å². The number of hydrogen-bond donors (Lipinski definition) is 1. The van der Waals surface area contributed by atoms with Crippen LogP contribution in [0.5, 0.6) is 5.75 Å². The number of hydrogen-bond acceptors (Lipinski definition) is 5. The molecule has 0 saturated carbocycles. The van der Waals surface area contributed by atoms with Crippen LogP contribution in [0.2, 0.25) is 0 Å². The van der Waals surface area contributed by atoms with Gasteiger partial charge in [0.15, 0.2) is 5.16 Å². The maximum Gasteiger partial charge on any atom is 0.257 e. The molecule has 2 heterocycles. The van der Waals surface area contributed by atoms with Crippen molar-refractivity contribution >= 4 is 17.7 Å². The minimum absolute atomic E-state index is 0.0306. The van der Waals surface area contributed by atoms with Gasteiger partial charge in [-0.3, -0.25) is 4.79 Å². The van der Waals surface area contributed by atoms with Crippen LogP contribution >= 0.6 is 11.8 Å². The largest absolute Gasteiger partial charge is 0.508 e. The second-order valence-corrected chi connectivity index (χ2v) is 7.09. The Morgan fingerprint density at radius 2 is 1.96 bits per heavy atom. The van der Waals surface area contributed by atoms with E-state index in [4.69, 9.17) is 0 Å². The van der Waals surface area contributed by atoms with Crippen molar-refractivity contribution in [3.8, 4) is 5.75 Å². The number of likely N-dealkylation sites (tertiary alicyclic amines) is 1. The van der Waals surface area contributed by atoms with Crippen molar-refractivity contribution < 1.29 is 9.90 Å². The van der Waals surface area contributed by atoms with Gasteiger partial charge in [-0.05, 0) is 56.1 Å². The zero-order chi connectivity index (χ0) is 17.6. The number of carbonyl (C=O) groups is 1. The molecule has 132 valence electrons. The van der Waals surface area contributed by atoms with Crippen LogP contribution in [0, 0.1) is 0 Å².